The molecule has 134 valence electrons. The Morgan fingerprint density at radius 3 is 2.80 bits per heavy atom. The number of rotatable bonds is 3. The predicted octanol–water partition coefficient (Wildman–Crippen LogP) is 4.36. The van der Waals surface area contributed by atoms with E-state index < -0.39 is 0 Å². The van der Waals surface area contributed by atoms with E-state index in [1.54, 1.807) is 0 Å². The van der Waals surface area contributed by atoms with Gasteiger partial charge in [0.15, 0.2) is 6.29 Å². The number of aromatic nitrogens is 1. The van der Waals surface area contributed by atoms with Gasteiger partial charge in [0.2, 0.25) is 0 Å². The minimum Gasteiger partial charge on any atom is -0.360 e. The van der Waals surface area contributed by atoms with Gasteiger partial charge in [-0.25, -0.2) is 0 Å². The van der Waals surface area contributed by atoms with Crippen LogP contribution in [-0.4, -0.2) is 30.4 Å². The van der Waals surface area contributed by atoms with Crippen LogP contribution >= 0.6 is 0 Å². The van der Waals surface area contributed by atoms with Gasteiger partial charge in [-0.15, -0.1) is 0 Å². The second kappa shape index (κ2) is 7.02. The summed E-state index contributed by atoms with van der Waals surface area (Å²) in [4.78, 5) is 15.1. The first-order valence-corrected chi connectivity index (χ1v) is 8.66. The molecular formula is C20H26N2O3. The van der Waals surface area contributed by atoms with Crippen molar-refractivity contribution in [3.8, 4) is 0 Å². The van der Waals surface area contributed by atoms with Crippen LogP contribution in [0.15, 0.2) is 30.4 Å². The van der Waals surface area contributed by atoms with E-state index in [2.05, 4.69) is 37.1 Å². The standard InChI is InChI=1S/C20H26N2O3/c1-13-6-5-7-18(25-12-24-13)21-14-8-9-17-15(10-14)16(11-23)19(22-17)20(2,3)4/h5-6,8-11,13,18,21-22H,7,12H2,1-4H3/b6-5-. The van der Waals surface area contributed by atoms with E-state index in [0.717, 1.165) is 40.6 Å². The van der Waals surface area contributed by atoms with Crippen molar-refractivity contribution in [2.75, 3.05) is 12.1 Å². The number of hydrogen-bond donors (Lipinski definition) is 2. The van der Waals surface area contributed by atoms with Gasteiger partial charge in [0.25, 0.3) is 0 Å². The normalized spacial score (nSPS) is 23.0. The fraction of sp³-hybridized carbons (Fsp3) is 0.450. The Labute approximate surface area is 148 Å². The summed E-state index contributed by atoms with van der Waals surface area (Å²) < 4.78 is 11.2. The highest BCUT2D eigenvalue weighted by molar-refractivity contribution is 6.00. The summed E-state index contributed by atoms with van der Waals surface area (Å²) in [5, 5.41) is 4.30. The summed E-state index contributed by atoms with van der Waals surface area (Å²) in [6.45, 7) is 8.53. The smallest absolute Gasteiger partial charge is 0.152 e. The molecule has 25 heavy (non-hydrogen) atoms. The van der Waals surface area contributed by atoms with Crippen molar-refractivity contribution in [1.29, 1.82) is 0 Å². The fourth-order valence-electron chi connectivity index (χ4n) is 3.05. The molecular weight excluding hydrogens is 316 g/mol. The zero-order valence-electron chi connectivity index (χ0n) is 15.3. The highest BCUT2D eigenvalue weighted by Gasteiger charge is 2.22. The average Bonchev–Trinajstić information content (AvgIpc) is 2.90. The third-order valence-corrected chi connectivity index (χ3v) is 4.39. The lowest BCUT2D eigenvalue weighted by molar-refractivity contribution is -0.0976. The van der Waals surface area contributed by atoms with Crippen molar-refractivity contribution < 1.29 is 14.3 Å². The number of H-pyrrole nitrogens is 1. The maximum absolute atomic E-state index is 11.7. The maximum atomic E-state index is 11.7. The Balaban J connectivity index is 1.88. The number of aromatic amines is 1. The van der Waals surface area contributed by atoms with Crippen LogP contribution in [0.4, 0.5) is 5.69 Å². The molecule has 0 aliphatic carbocycles. The number of aldehydes is 1. The van der Waals surface area contributed by atoms with Gasteiger partial charge in [0.1, 0.15) is 13.0 Å². The van der Waals surface area contributed by atoms with Gasteiger partial charge in [0.05, 0.1) is 6.10 Å². The summed E-state index contributed by atoms with van der Waals surface area (Å²) in [5.74, 6) is 0. The SMILES string of the molecule is CC1/C=C\CC(Nc2ccc3[nH]c(C(C)(C)C)c(C=O)c3c2)OCO1. The number of carbonyl (C=O) groups is 1. The van der Waals surface area contributed by atoms with Crippen molar-refractivity contribution in [1.82, 2.24) is 4.98 Å². The summed E-state index contributed by atoms with van der Waals surface area (Å²) in [6.07, 6.45) is 5.70. The van der Waals surface area contributed by atoms with Gasteiger partial charge in [0, 0.05) is 39.7 Å². The minimum absolute atomic E-state index is 0.0723. The van der Waals surface area contributed by atoms with Crippen LogP contribution in [0.3, 0.4) is 0 Å². The Morgan fingerprint density at radius 1 is 1.28 bits per heavy atom. The average molecular weight is 342 g/mol. The molecule has 0 bridgehead atoms. The first-order valence-electron chi connectivity index (χ1n) is 8.66. The van der Waals surface area contributed by atoms with Gasteiger partial charge in [-0.1, -0.05) is 32.9 Å². The second-order valence-corrected chi connectivity index (χ2v) is 7.50. The molecule has 2 atom stereocenters. The minimum atomic E-state index is -0.165. The van der Waals surface area contributed by atoms with E-state index in [9.17, 15) is 4.79 Å². The van der Waals surface area contributed by atoms with Gasteiger partial charge >= 0.3 is 0 Å². The van der Waals surface area contributed by atoms with Crippen LogP contribution in [0.1, 0.15) is 50.2 Å². The molecule has 0 amide bonds. The van der Waals surface area contributed by atoms with Crippen LogP contribution in [0.25, 0.3) is 10.9 Å². The number of hydrogen-bond acceptors (Lipinski definition) is 4. The zero-order valence-corrected chi connectivity index (χ0v) is 15.3. The molecule has 1 aromatic carbocycles. The summed E-state index contributed by atoms with van der Waals surface area (Å²) in [7, 11) is 0. The van der Waals surface area contributed by atoms with E-state index in [4.69, 9.17) is 9.47 Å². The Bertz CT molecular complexity index is 786. The lowest BCUT2D eigenvalue weighted by atomic mass is 9.89. The number of carbonyl (C=O) groups excluding carboxylic acids is 1. The van der Waals surface area contributed by atoms with Crippen molar-refractivity contribution in [3.63, 3.8) is 0 Å². The molecule has 5 heteroatoms. The molecule has 1 aromatic heterocycles. The van der Waals surface area contributed by atoms with Crippen molar-refractivity contribution >= 4 is 22.9 Å². The van der Waals surface area contributed by atoms with Gasteiger partial charge in [-0.2, -0.15) is 0 Å². The number of ether oxygens (including phenoxy) is 2. The Hall–Kier alpha value is -2.11. The van der Waals surface area contributed by atoms with Crippen LogP contribution in [0.2, 0.25) is 0 Å². The predicted molar refractivity (Wildman–Crippen MR) is 100 cm³/mol. The van der Waals surface area contributed by atoms with Crippen LogP contribution in [0, 0.1) is 0 Å². The van der Waals surface area contributed by atoms with E-state index in [-0.39, 0.29) is 24.5 Å². The topological polar surface area (TPSA) is 63.4 Å². The van der Waals surface area contributed by atoms with Crippen molar-refractivity contribution in [2.24, 2.45) is 0 Å². The summed E-state index contributed by atoms with van der Waals surface area (Å²) in [5.41, 5.74) is 3.45. The van der Waals surface area contributed by atoms with Crippen molar-refractivity contribution in [2.45, 2.75) is 51.9 Å². The third-order valence-electron chi connectivity index (χ3n) is 4.39. The first-order chi connectivity index (χ1) is 11.9. The summed E-state index contributed by atoms with van der Waals surface area (Å²) in [6, 6.07) is 5.99. The number of fused-ring (bicyclic) bond motifs is 1. The highest BCUT2D eigenvalue weighted by atomic mass is 16.7. The van der Waals surface area contributed by atoms with E-state index in [1.165, 1.54) is 0 Å². The van der Waals surface area contributed by atoms with Crippen molar-refractivity contribution in [3.05, 3.63) is 41.6 Å². The van der Waals surface area contributed by atoms with E-state index >= 15 is 0 Å². The first kappa shape index (κ1) is 17.7. The molecule has 0 spiro atoms. The molecule has 1 aliphatic rings. The molecule has 2 heterocycles. The van der Waals surface area contributed by atoms with Gasteiger partial charge in [-0.05, 0) is 25.1 Å². The molecule has 5 nitrogen and oxygen atoms in total. The lowest BCUT2D eigenvalue weighted by Gasteiger charge is -2.22. The fourth-order valence-corrected chi connectivity index (χ4v) is 3.05. The molecule has 3 rings (SSSR count). The molecule has 2 N–H and O–H groups in total. The van der Waals surface area contributed by atoms with Crippen LogP contribution in [0.5, 0.6) is 0 Å². The monoisotopic (exact) mass is 342 g/mol. The third kappa shape index (κ3) is 3.94. The molecule has 0 fully saturated rings. The molecule has 0 radical (unpaired) electrons. The number of anilines is 1. The van der Waals surface area contributed by atoms with Gasteiger partial charge < -0.3 is 19.8 Å². The number of benzene rings is 1. The van der Waals surface area contributed by atoms with Gasteiger partial charge in [-0.3, -0.25) is 4.79 Å². The molecule has 0 saturated heterocycles. The molecule has 0 saturated carbocycles. The van der Waals surface area contributed by atoms with E-state index in [0.29, 0.717) is 0 Å². The quantitative estimate of drug-likeness (QED) is 0.643. The Morgan fingerprint density at radius 2 is 2.08 bits per heavy atom. The van der Waals surface area contributed by atoms with Crippen LogP contribution in [-0.2, 0) is 14.9 Å². The largest absolute Gasteiger partial charge is 0.360 e. The highest BCUT2D eigenvalue weighted by Crippen LogP contribution is 2.32. The second-order valence-electron chi connectivity index (χ2n) is 7.50. The van der Waals surface area contributed by atoms with Crippen LogP contribution < -0.4 is 5.32 Å². The molecule has 2 unspecified atom stereocenters. The summed E-state index contributed by atoms with van der Waals surface area (Å²) >= 11 is 0. The maximum Gasteiger partial charge on any atom is 0.152 e. The Kier molecular flexibility index (Phi) is 4.97. The molecule has 1 aliphatic heterocycles. The van der Waals surface area contributed by atoms with E-state index in [1.807, 2.05) is 31.2 Å². The number of nitrogens with one attached hydrogen (secondary N) is 2. The zero-order chi connectivity index (χ0) is 18.0. The lowest BCUT2D eigenvalue weighted by Crippen LogP contribution is -2.26. The molecule has 2 aromatic rings.